The van der Waals surface area contributed by atoms with Crippen molar-refractivity contribution in [2.45, 2.75) is 92.9 Å². The zero-order valence-corrected chi connectivity index (χ0v) is 18.8. The number of rotatable bonds is 1. The lowest BCUT2D eigenvalue weighted by Crippen LogP contribution is -2.57. The van der Waals surface area contributed by atoms with E-state index in [1.165, 1.54) is 27.8 Å². The van der Waals surface area contributed by atoms with Crippen LogP contribution in [0.3, 0.4) is 0 Å². The van der Waals surface area contributed by atoms with Crippen LogP contribution >= 0.6 is 0 Å². The number of piperidine rings is 1. The summed E-state index contributed by atoms with van der Waals surface area (Å²) in [6.07, 6.45) is 0.218. The van der Waals surface area contributed by atoms with Crippen molar-refractivity contribution >= 4 is 6.09 Å². The summed E-state index contributed by atoms with van der Waals surface area (Å²) in [6.45, 7) is 20.8. The number of hydrogen-bond acceptors (Lipinski definition) is 3. The average molecular weight is 376 g/mol. The molecule has 1 aromatic carbocycles. The molecule has 1 amide bonds. The van der Waals surface area contributed by atoms with Crippen LogP contribution in [0.4, 0.5) is 4.79 Å². The highest BCUT2D eigenvalue weighted by molar-refractivity contribution is 5.69. The highest BCUT2D eigenvalue weighted by Gasteiger charge is 2.48. The second-order valence-corrected chi connectivity index (χ2v) is 9.38. The fraction of sp³-hybridized carbons (Fsp3) is 0.696. The molecule has 152 valence electrons. The highest BCUT2D eigenvalue weighted by Crippen LogP contribution is 2.45. The number of benzene rings is 1. The van der Waals surface area contributed by atoms with Gasteiger partial charge in [0, 0.05) is 18.5 Å². The highest BCUT2D eigenvalue weighted by atomic mass is 16.6. The van der Waals surface area contributed by atoms with Gasteiger partial charge in [-0.15, -0.1) is 0 Å². The Morgan fingerprint density at radius 2 is 1.44 bits per heavy atom. The second-order valence-electron chi connectivity index (χ2n) is 9.38. The molecule has 1 saturated heterocycles. The Bertz CT molecular complexity index is 718. The number of likely N-dealkylation sites (tertiary alicyclic amines) is 1. The summed E-state index contributed by atoms with van der Waals surface area (Å²) in [5.74, 6) is -0.0994. The van der Waals surface area contributed by atoms with Crippen LogP contribution in [0.1, 0.15) is 74.4 Å². The van der Waals surface area contributed by atoms with Crippen LogP contribution in [0.5, 0.6) is 0 Å². The Labute approximate surface area is 164 Å². The van der Waals surface area contributed by atoms with Gasteiger partial charge in [0.05, 0.1) is 5.60 Å². The number of amides is 1. The largest absolute Gasteiger partial charge is 0.444 e. The number of aliphatic hydroxyl groups is 1. The summed E-state index contributed by atoms with van der Waals surface area (Å²) in [5, 5.41) is 11.8. The summed E-state index contributed by atoms with van der Waals surface area (Å²) < 4.78 is 5.58. The van der Waals surface area contributed by atoms with Crippen LogP contribution in [0.25, 0.3) is 0 Å². The van der Waals surface area contributed by atoms with Gasteiger partial charge in [-0.25, -0.2) is 4.79 Å². The summed E-state index contributed by atoms with van der Waals surface area (Å²) in [4.78, 5) is 14.4. The van der Waals surface area contributed by atoms with E-state index < -0.39 is 11.2 Å². The van der Waals surface area contributed by atoms with E-state index in [2.05, 4.69) is 34.6 Å². The van der Waals surface area contributed by atoms with Gasteiger partial charge < -0.3 is 14.7 Å². The van der Waals surface area contributed by atoms with E-state index in [-0.39, 0.29) is 18.1 Å². The van der Waals surface area contributed by atoms with Crippen LogP contribution in [0, 0.1) is 40.5 Å². The van der Waals surface area contributed by atoms with Crippen molar-refractivity contribution in [3.05, 3.63) is 33.4 Å². The topological polar surface area (TPSA) is 49.8 Å². The Kier molecular flexibility index (Phi) is 5.74. The van der Waals surface area contributed by atoms with Crippen LogP contribution in [0.15, 0.2) is 0 Å². The number of carbonyl (C=O) groups is 1. The summed E-state index contributed by atoms with van der Waals surface area (Å²) >= 11 is 0. The molecule has 4 nitrogen and oxygen atoms in total. The normalized spacial score (nSPS) is 26.3. The molecule has 0 bridgehead atoms. The predicted molar refractivity (Wildman–Crippen MR) is 110 cm³/mol. The summed E-state index contributed by atoms with van der Waals surface area (Å²) in [6, 6.07) is -0.112. The van der Waals surface area contributed by atoms with Gasteiger partial charge in [0.1, 0.15) is 5.60 Å². The smallest absolute Gasteiger partial charge is 0.410 e. The number of hydrogen-bond donors (Lipinski definition) is 1. The van der Waals surface area contributed by atoms with E-state index >= 15 is 0 Å². The molecule has 1 fully saturated rings. The van der Waals surface area contributed by atoms with Crippen molar-refractivity contribution in [2.24, 2.45) is 5.92 Å². The first-order valence-electron chi connectivity index (χ1n) is 10.0. The standard InChI is InChI=1S/C23H37NO3/c1-13-14(2)16(4)20(17(5)15(13)3)23(26)11-12-24(19(7)18(23)6)21(25)27-22(8,9)10/h18-19,26H,11-12H2,1-10H3. The second kappa shape index (κ2) is 7.12. The molecular formula is C23H37NO3. The van der Waals surface area contributed by atoms with Gasteiger partial charge in [-0.05, 0) is 102 Å². The summed E-state index contributed by atoms with van der Waals surface area (Å²) in [5.41, 5.74) is 5.70. The molecule has 1 aliphatic rings. The molecule has 1 heterocycles. The van der Waals surface area contributed by atoms with E-state index in [4.69, 9.17) is 4.74 Å². The third-order valence-electron chi connectivity index (χ3n) is 6.76. The number of ether oxygens (including phenoxy) is 1. The van der Waals surface area contributed by atoms with Crippen LogP contribution in [0.2, 0.25) is 0 Å². The zero-order valence-electron chi connectivity index (χ0n) is 18.8. The molecule has 4 heteroatoms. The molecule has 0 aliphatic carbocycles. The van der Waals surface area contributed by atoms with Crippen molar-refractivity contribution in [1.29, 1.82) is 0 Å². The van der Waals surface area contributed by atoms with E-state index in [0.29, 0.717) is 13.0 Å². The maximum Gasteiger partial charge on any atom is 0.410 e. The molecule has 1 aliphatic heterocycles. The molecule has 1 N–H and O–H groups in total. The zero-order chi connectivity index (χ0) is 20.9. The van der Waals surface area contributed by atoms with Crippen molar-refractivity contribution < 1.29 is 14.6 Å². The molecule has 2 rings (SSSR count). The number of carbonyl (C=O) groups excluding carboxylic acids is 1. The minimum absolute atomic E-state index is 0.0994. The average Bonchev–Trinajstić information content (AvgIpc) is 2.55. The van der Waals surface area contributed by atoms with Gasteiger partial charge in [0.25, 0.3) is 0 Å². The van der Waals surface area contributed by atoms with E-state index in [1.54, 1.807) is 4.90 Å². The fourth-order valence-corrected chi connectivity index (χ4v) is 4.47. The lowest BCUT2D eigenvalue weighted by Gasteiger charge is -2.49. The van der Waals surface area contributed by atoms with Crippen molar-refractivity contribution in [3.8, 4) is 0 Å². The molecule has 3 unspecified atom stereocenters. The third-order valence-corrected chi connectivity index (χ3v) is 6.76. The van der Waals surface area contributed by atoms with Gasteiger partial charge >= 0.3 is 6.09 Å². The molecule has 0 aromatic heterocycles. The molecule has 27 heavy (non-hydrogen) atoms. The summed E-state index contributed by atoms with van der Waals surface area (Å²) in [7, 11) is 0. The SMILES string of the molecule is Cc1c(C)c(C)c(C2(O)CCN(C(=O)OC(C)(C)C)C(C)C2C)c(C)c1C. The third kappa shape index (κ3) is 3.73. The lowest BCUT2D eigenvalue weighted by atomic mass is 9.69. The Morgan fingerprint density at radius 1 is 1.00 bits per heavy atom. The quantitative estimate of drug-likeness (QED) is 0.744. The molecule has 0 saturated carbocycles. The Morgan fingerprint density at radius 3 is 1.89 bits per heavy atom. The van der Waals surface area contributed by atoms with Gasteiger partial charge in [-0.2, -0.15) is 0 Å². The Balaban J connectivity index is 2.44. The first-order valence-corrected chi connectivity index (χ1v) is 10.0. The molecule has 0 radical (unpaired) electrons. The van der Waals surface area contributed by atoms with E-state index in [9.17, 15) is 9.90 Å². The Hall–Kier alpha value is -1.55. The van der Waals surface area contributed by atoms with E-state index in [1.807, 2.05) is 34.6 Å². The molecular weight excluding hydrogens is 338 g/mol. The van der Waals surface area contributed by atoms with Crippen LogP contribution < -0.4 is 0 Å². The van der Waals surface area contributed by atoms with Crippen LogP contribution in [-0.2, 0) is 10.3 Å². The predicted octanol–water partition coefficient (Wildman–Crippen LogP) is 5.08. The first-order chi connectivity index (χ1) is 12.2. The monoisotopic (exact) mass is 375 g/mol. The minimum atomic E-state index is -0.949. The molecule has 1 aromatic rings. The van der Waals surface area contributed by atoms with Gasteiger partial charge in [-0.3, -0.25) is 0 Å². The molecule has 0 spiro atoms. The first kappa shape index (κ1) is 21.7. The van der Waals surface area contributed by atoms with Gasteiger partial charge in [0.2, 0.25) is 0 Å². The minimum Gasteiger partial charge on any atom is -0.444 e. The lowest BCUT2D eigenvalue weighted by molar-refractivity contribution is -0.0963. The van der Waals surface area contributed by atoms with Crippen LogP contribution in [-0.4, -0.2) is 34.3 Å². The van der Waals surface area contributed by atoms with Gasteiger partial charge in [0.15, 0.2) is 0 Å². The molecule has 3 atom stereocenters. The van der Waals surface area contributed by atoms with Gasteiger partial charge in [-0.1, -0.05) is 6.92 Å². The fourth-order valence-electron chi connectivity index (χ4n) is 4.47. The maximum atomic E-state index is 12.6. The maximum absolute atomic E-state index is 12.6. The number of nitrogens with zero attached hydrogens (tertiary/aromatic N) is 1. The van der Waals surface area contributed by atoms with Crippen molar-refractivity contribution in [3.63, 3.8) is 0 Å². The van der Waals surface area contributed by atoms with E-state index in [0.717, 1.165) is 5.56 Å². The van der Waals surface area contributed by atoms with Crippen molar-refractivity contribution in [2.75, 3.05) is 6.54 Å². The van der Waals surface area contributed by atoms with Crippen molar-refractivity contribution in [1.82, 2.24) is 4.90 Å².